The molecule has 1 atom stereocenters. The topological polar surface area (TPSA) is 57.7 Å². The highest BCUT2D eigenvalue weighted by Gasteiger charge is 2.44. The molecule has 0 aliphatic carbocycles. The molecule has 2 aliphatic heterocycles. The van der Waals surface area contributed by atoms with Crippen molar-refractivity contribution in [2.24, 2.45) is 0 Å². The van der Waals surface area contributed by atoms with Gasteiger partial charge in [0, 0.05) is 13.1 Å². The number of piperidine rings is 1. The number of nitrogens with zero attached hydrogens (tertiary/aromatic N) is 2. The Bertz CT molecular complexity index is 709. The third kappa shape index (κ3) is 3.59. The molecule has 0 bridgehead atoms. The summed E-state index contributed by atoms with van der Waals surface area (Å²) in [4.78, 5) is 41.7. The van der Waals surface area contributed by atoms with Crippen LogP contribution in [0.5, 0.6) is 0 Å². The zero-order chi connectivity index (χ0) is 18.8. The van der Waals surface area contributed by atoms with Crippen molar-refractivity contribution in [2.75, 3.05) is 25.1 Å². The summed E-state index contributed by atoms with van der Waals surface area (Å²) in [7, 11) is 0. The number of amides is 3. The van der Waals surface area contributed by atoms with Gasteiger partial charge in [0.05, 0.1) is 21.2 Å². The van der Waals surface area contributed by atoms with Gasteiger partial charge in [-0.05, 0) is 49.8 Å². The molecule has 0 radical (unpaired) electrons. The van der Waals surface area contributed by atoms with Crippen LogP contribution in [0.3, 0.4) is 0 Å². The van der Waals surface area contributed by atoms with Crippen LogP contribution in [0.25, 0.3) is 0 Å². The first-order valence-corrected chi connectivity index (χ1v) is 10.8. The molecule has 5 nitrogen and oxygen atoms in total. The number of thioether (sulfide) groups is 1. The third-order valence-electron chi connectivity index (χ3n) is 4.82. The Morgan fingerprint density at radius 3 is 2.12 bits per heavy atom. The minimum absolute atomic E-state index is 0.148. The van der Waals surface area contributed by atoms with Gasteiger partial charge in [0.2, 0.25) is 5.91 Å². The van der Waals surface area contributed by atoms with Crippen molar-refractivity contribution >= 4 is 52.7 Å². The Morgan fingerprint density at radius 2 is 1.62 bits per heavy atom. The van der Waals surface area contributed by atoms with Crippen molar-refractivity contribution in [1.29, 1.82) is 0 Å². The van der Waals surface area contributed by atoms with E-state index in [1.165, 1.54) is 12.1 Å². The Hall–Kier alpha value is -1.24. The first-order valence-electron chi connectivity index (χ1n) is 8.60. The summed E-state index contributed by atoms with van der Waals surface area (Å²) < 4.78 is 0. The first kappa shape index (κ1) is 19.5. The van der Waals surface area contributed by atoms with Crippen LogP contribution in [0.1, 0.15) is 46.4 Å². The quantitative estimate of drug-likeness (QED) is 0.688. The molecular weight excluding hydrogens is 395 g/mol. The Balaban J connectivity index is 1.92. The number of hydrogen-bond acceptors (Lipinski definition) is 4. The van der Waals surface area contributed by atoms with Gasteiger partial charge >= 0.3 is 0 Å². The fourth-order valence-electron chi connectivity index (χ4n) is 3.45. The number of likely N-dealkylation sites (tertiary alicyclic amines) is 1. The molecule has 140 valence electrons. The standard InChI is InChI=1S/C18H20Cl2N2O3S/c1-26-8-5-15(18(25)21-6-3-2-4-7-21)22-16(23)11-9-13(19)14(20)10-12(11)17(22)24/h9-10,15H,2-8H2,1H3/t15-/m0/s1. The van der Waals surface area contributed by atoms with E-state index >= 15 is 0 Å². The van der Waals surface area contributed by atoms with Crippen LogP contribution >= 0.6 is 35.0 Å². The highest BCUT2D eigenvalue weighted by Crippen LogP contribution is 2.33. The maximum atomic E-state index is 13.1. The lowest BCUT2D eigenvalue weighted by Crippen LogP contribution is -2.52. The van der Waals surface area contributed by atoms with Crippen LogP contribution in [-0.2, 0) is 4.79 Å². The summed E-state index contributed by atoms with van der Waals surface area (Å²) in [6.45, 7) is 1.35. The number of benzene rings is 1. The van der Waals surface area contributed by atoms with E-state index in [2.05, 4.69) is 0 Å². The van der Waals surface area contributed by atoms with E-state index in [9.17, 15) is 14.4 Å². The molecule has 1 aromatic rings. The number of rotatable bonds is 5. The molecule has 0 spiro atoms. The second kappa shape index (κ2) is 8.19. The molecule has 2 aliphatic rings. The fraction of sp³-hybridized carbons (Fsp3) is 0.500. The van der Waals surface area contributed by atoms with Crippen LogP contribution in [-0.4, -0.2) is 58.7 Å². The van der Waals surface area contributed by atoms with Crippen LogP contribution in [0.4, 0.5) is 0 Å². The molecule has 3 rings (SSSR count). The number of imide groups is 1. The molecule has 1 fully saturated rings. The number of hydrogen-bond donors (Lipinski definition) is 0. The Kier molecular flexibility index (Phi) is 6.15. The van der Waals surface area contributed by atoms with E-state index in [4.69, 9.17) is 23.2 Å². The molecule has 0 N–H and O–H groups in total. The zero-order valence-corrected chi connectivity index (χ0v) is 16.8. The zero-order valence-electron chi connectivity index (χ0n) is 14.5. The molecule has 0 unspecified atom stereocenters. The van der Waals surface area contributed by atoms with E-state index in [-0.39, 0.29) is 27.1 Å². The predicted octanol–water partition coefficient (Wildman–Crippen LogP) is 3.72. The van der Waals surface area contributed by atoms with Crippen LogP contribution in [0.2, 0.25) is 10.0 Å². The summed E-state index contributed by atoms with van der Waals surface area (Å²) in [5.41, 5.74) is 0.426. The highest BCUT2D eigenvalue weighted by molar-refractivity contribution is 7.98. The lowest BCUT2D eigenvalue weighted by Gasteiger charge is -2.33. The number of carbonyl (C=O) groups excluding carboxylic acids is 3. The minimum atomic E-state index is -0.787. The smallest absolute Gasteiger partial charge is 0.262 e. The number of halogens is 2. The monoisotopic (exact) mass is 414 g/mol. The van der Waals surface area contributed by atoms with Gasteiger partial charge < -0.3 is 4.90 Å². The van der Waals surface area contributed by atoms with Gasteiger partial charge in [-0.1, -0.05) is 23.2 Å². The van der Waals surface area contributed by atoms with Crippen molar-refractivity contribution in [3.05, 3.63) is 33.3 Å². The second-order valence-corrected chi connectivity index (χ2v) is 8.28. The molecule has 1 saturated heterocycles. The van der Waals surface area contributed by atoms with Crippen molar-refractivity contribution in [3.8, 4) is 0 Å². The molecule has 0 saturated carbocycles. The largest absolute Gasteiger partial charge is 0.341 e. The Labute approximate surface area is 167 Å². The van der Waals surface area contributed by atoms with Gasteiger partial charge in [0.15, 0.2) is 0 Å². The molecular formula is C18H20Cl2N2O3S. The van der Waals surface area contributed by atoms with Gasteiger partial charge in [-0.15, -0.1) is 0 Å². The van der Waals surface area contributed by atoms with E-state index in [0.717, 1.165) is 24.2 Å². The summed E-state index contributed by atoms with van der Waals surface area (Å²) in [6, 6.07) is 2.04. The minimum Gasteiger partial charge on any atom is -0.341 e. The fourth-order valence-corrected chi connectivity index (χ4v) is 4.24. The van der Waals surface area contributed by atoms with Crippen LogP contribution in [0.15, 0.2) is 12.1 Å². The maximum Gasteiger partial charge on any atom is 0.262 e. The molecule has 26 heavy (non-hydrogen) atoms. The van der Waals surface area contributed by atoms with Crippen molar-refractivity contribution in [3.63, 3.8) is 0 Å². The van der Waals surface area contributed by atoms with E-state index in [1.54, 1.807) is 16.7 Å². The average Bonchev–Trinajstić information content (AvgIpc) is 2.87. The summed E-state index contributed by atoms with van der Waals surface area (Å²) in [5.74, 6) is -0.412. The van der Waals surface area contributed by atoms with Gasteiger partial charge in [-0.3, -0.25) is 19.3 Å². The maximum absolute atomic E-state index is 13.1. The molecule has 8 heteroatoms. The second-order valence-electron chi connectivity index (χ2n) is 6.48. The molecule has 3 amide bonds. The molecule has 0 aromatic heterocycles. The normalized spacial score (nSPS) is 18.3. The van der Waals surface area contributed by atoms with Crippen molar-refractivity contribution in [1.82, 2.24) is 9.80 Å². The van der Waals surface area contributed by atoms with E-state index in [1.807, 2.05) is 6.26 Å². The van der Waals surface area contributed by atoms with Gasteiger partial charge in [0.25, 0.3) is 11.8 Å². The van der Waals surface area contributed by atoms with Crippen molar-refractivity contribution in [2.45, 2.75) is 31.7 Å². The van der Waals surface area contributed by atoms with Gasteiger partial charge in [-0.25, -0.2) is 0 Å². The molecule has 1 aromatic carbocycles. The van der Waals surface area contributed by atoms with Crippen LogP contribution < -0.4 is 0 Å². The van der Waals surface area contributed by atoms with Crippen LogP contribution in [0, 0.1) is 0 Å². The van der Waals surface area contributed by atoms with Gasteiger partial charge in [0.1, 0.15) is 6.04 Å². The average molecular weight is 415 g/mol. The van der Waals surface area contributed by atoms with E-state index in [0.29, 0.717) is 25.3 Å². The lowest BCUT2D eigenvalue weighted by molar-refractivity contribution is -0.136. The third-order valence-corrected chi connectivity index (χ3v) is 6.18. The summed E-state index contributed by atoms with van der Waals surface area (Å²) in [5, 5.41) is 0.438. The van der Waals surface area contributed by atoms with Crippen molar-refractivity contribution < 1.29 is 14.4 Å². The Morgan fingerprint density at radius 1 is 1.08 bits per heavy atom. The predicted molar refractivity (Wildman–Crippen MR) is 104 cm³/mol. The SMILES string of the molecule is CSCC[C@@H](C(=O)N1CCCCC1)N1C(=O)c2cc(Cl)c(Cl)cc2C1=O. The van der Waals surface area contributed by atoms with E-state index < -0.39 is 17.9 Å². The first-order chi connectivity index (χ1) is 12.5. The lowest BCUT2D eigenvalue weighted by atomic mass is 10.1. The summed E-state index contributed by atoms with van der Waals surface area (Å²) in [6.07, 6.45) is 5.37. The number of carbonyl (C=O) groups is 3. The number of fused-ring (bicyclic) bond motifs is 1. The molecule has 2 heterocycles. The van der Waals surface area contributed by atoms with Gasteiger partial charge in [-0.2, -0.15) is 11.8 Å². The summed E-state index contributed by atoms with van der Waals surface area (Å²) >= 11 is 13.6. The highest BCUT2D eigenvalue weighted by atomic mass is 35.5.